The molecule has 0 saturated carbocycles. The summed E-state index contributed by atoms with van der Waals surface area (Å²) < 4.78 is 0. The number of amides is 5. The van der Waals surface area contributed by atoms with E-state index < -0.39 is 90.3 Å². The number of nitrogens with two attached hydrogens (primary N) is 3. The quantitative estimate of drug-likeness (QED) is 0.0349. The number of phenolic OH excluding ortho intramolecular Hbond substituents is 1. The van der Waals surface area contributed by atoms with Crippen LogP contribution in [0.4, 0.5) is 0 Å². The lowest BCUT2D eigenvalue weighted by Gasteiger charge is -2.26. The zero-order chi connectivity index (χ0) is 37.4. The highest BCUT2D eigenvalue weighted by Gasteiger charge is 2.34. The predicted octanol–water partition coefficient (Wildman–Crippen LogP) is -4.28. The van der Waals surface area contributed by atoms with Gasteiger partial charge in [0.05, 0.1) is 18.6 Å². The van der Waals surface area contributed by atoms with Crippen LogP contribution < -0.4 is 43.8 Å². The molecule has 15 N–H and O–H groups in total. The van der Waals surface area contributed by atoms with E-state index in [1.807, 2.05) is 0 Å². The Hall–Kier alpha value is -5.50. The predicted molar refractivity (Wildman–Crippen MR) is 172 cm³/mol. The van der Waals surface area contributed by atoms with Gasteiger partial charge in [-0.1, -0.05) is 12.1 Å². The average molecular weight is 696 g/mol. The van der Waals surface area contributed by atoms with Crippen LogP contribution in [0.1, 0.15) is 45.6 Å². The molecule has 0 aliphatic heterocycles. The summed E-state index contributed by atoms with van der Waals surface area (Å²) in [5.41, 5.74) is 17.0. The molecule has 0 saturated heterocycles. The van der Waals surface area contributed by atoms with E-state index in [-0.39, 0.29) is 37.5 Å². The zero-order valence-electron chi connectivity index (χ0n) is 27.2. The number of phenols is 1. The fraction of sp³-hybridized carbons (Fsp3) is 0.517. The third-order valence-corrected chi connectivity index (χ3v) is 6.87. The molecule has 20 heteroatoms. The van der Waals surface area contributed by atoms with E-state index in [0.717, 1.165) is 6.92 Å². The Morgan fingerprint density at radius 1 is 0.755 bits per heavy atom. The molecule has 0 unspecified atom stereocenters. The maximum Gasteiger partial charge on any atom is 0.326 e. The number of carbonyl (C=O) groups is 7. The zero-order valence-corrected chi connectivity index (χ0v) is 27.2. The SMILES string of the molecule is C[C@H](NC(=O)[C@H](C)NC(=O)[C@@H](N)Cc1ccc(O)cc1)C(=O)N[C@H](C(=O)N[C@@H](CC(=O)O)C(=O)N[C@@H](CCCN=C(N)N)C(=O)O)[C@@H](C)O. The van der Waals surface area contributed by atoms with Crippen molar-refractivity contribution in [3.63, 3.8) is 0 Å². The molecule has 0 aliphatic carbocycles. The van der Waals surface area contributed by atoms with Crippen LogP contribution in [0.25, 0.3) is 0 Å². The molecule has 20 nitrogen and oxygen atoms in total. The van der Waals surface area contributed by atoms with Crippen molar-refractivity contribution in [3.05, 3.63) is 29.8 Å². The Labute approximate surface area is 281 Å². The van der Waals surface area contributed by atoms with Crippen LogP contribution in [0, 0.1) is 0 Å². The van der Waals surface area contributed by atoms with Crippen LogP contribution in [-0.4, -0.2) is 117 Å². The van der Waals surface area contributed by atoms with Crippen LogP contribution in [0.5, 0.6) is 5.75 Å². The fourth-order valence-electron chi connectivity index (χ4n) is 4.13. The average Bonchev–Trinajstić information content (AvgIpc) is 3.00. The summed E-state index contributed by atoms with van der Waals surface area (Å²) in [5.74, 6) is -7.95. The first kappa shape index (κ1) is 41.5. The minimum atomic E-state index is -1.82. The number of rotatable bonds is 20. The Balaban J connectivity index is 2.84. The number of aliphatic hydroxyl groups is 1. The van der Waals surface area contributed by atoms with Crippen molar-refractivity contribution in [2.45, 2.75) is 88.8 Å². The summed E-state index contributed by atoms with van der Waals surface area (Å²) in [4.78, 5) is 90.7. The van der Waals surface area contributed by atoms with Gasteiger partial charge in [0.15, 0.2) is 5.96 Å². The molecular formula is C29H45N9O11. The molecule has 0 radical (unpaired) electrons. The van der Waals surface area contributed by atoms with Crippen molar-refractivity contribution in [3.8, 4) is 5.75 Å². The van der Waals surface area contributed by atoms with E-state index in [2.05, 4.69) is 31.6 Å². The summed E-state index contributed by atoms with van der Waals surface area (Å²) in [7, 11) is 0. The lowest BCUT2D eigenvalue weighted by molar-refractivity contribution is -0.144. The topological polar surface area (TPSA) is 351 Å². The number of aliphatic carboxylic acids is 2. The minimum Gasteiger partial charge on any atom is -0.508 e. The van der Waals surface area contributed by atoms with Crippen molar-refractivity contribution < 1.29 is 54.0 Å². The number of nitrogens with one attached hydrogen (secondary N) is 5. The van der Waals surface area contributed by atoms with Gasteiger partial charge < -0.3 is 64.2 Å². The highest BCUT2D eigenvalue weighted by molar-refractivity contribution is 5.97. The molecule has 0 fully saturated rings. The maximum atomic E-state index is 13.0. The number of carboxylic acid groups (broad SMARTS) is 2. The summed E-state index contributed by atoms with van der Waals surface area (Å²) in [6.07, 6.45) is -2.46. The summed E-state index contributed by atoms with van der Waals surface area (Å²) in [6.45, 7) is 3.75. The molecule has 272 valence electrons. The number of guanidine groups is 1. The second-order valence-corrected chi connectivity index (χ2v) is 11.2. The Morgan fingerprint density at radius 3 is 1.80 bits per heavy atom. The van der Waals surface area contributed by atoms with Crippen LogP contribution in [0.2, 0.25) is 0 Å². The summed E-state index contributed by atoms with van der Waals surface area (Å²) in [5, 5.41) is 49.5. The Kier molecular flexibility index (Phi) is 16.9. The van der Waals surface area contributed by atoms with E-state index in [1.165, 1.54) is 26.0 Å². The lowest BCUT2D eigenvalue weighted by Crippen LogP contribution is -2.61. The number of nitrogens with zero attached hydrogens (tertiary/aromatic N) is 1. The fourth-order valence-corrected chi connectivity index (χ4v) is 4.13. The highest BCUT2D eigenvalue weighted by Crippen LogP contribution is 2.11. The first-order chi connectivity index (χ1) is 22.8. The number of carbonyl (C=O) groups excluding carboxylic acids is 5. The standard InChI is InChI=1S/C29H45N9O11/c1-13(35-25(45)18(30)11-16-6-8-17(40)9-7-16)23(43)34-14(2)24(44)38-22(15(3)39)27(47)37-20(12-21(41)42)26(46)36-19(28(48)49)5-4-10-33-29(31)32/h6-9,13-15,18-20,22,39-40H,4-5,10-12,30H2,1-3H3,(H,34,43)(H,35,45)(H,36,46)(H,37,47)(H,38,44)(H,41,42)(H,48,49)(H4,31,32,33)/t13-,14-,15+,18-,19-,20-,22-/m0/s1. The van der Waals surface area contributed by atoms with Gasteiger partial charge in [0.2, 0.25) is 29.5 Å². The smallest absolute Gasteiger partial charge is 0.326 e. The van der Waals surface area contributed by atoms with Crippen molar-refractivity contribution in [2.24, 2.45) is 22.2 Å². The third kappa shape index (κ3) is 15.3. The number of hydrogen-bond acceptors (Lipinski definition) is 11. The second kappa shape index (κ2) is 20.0. The Morgan fingerprint density at radius 2 is 1.29 bits per heavy atom. The number of aromatic hydroxyl groups is 1. The first-order valence-corrected chi connectivity index (χ1v) is 15.1. The van der Waals surface area contributed by atoms with Gasteiger partial charge in [-0.15, -0.1) is 0 Å². The van der Waals surface area contributed by atoms with E-state index in [4.69, 9.17) is 17.2 Å². The van der Waals surface area contributed by atoms with Crippen molar-refractivity contribution in [2.75, 3.05) is 6.54 Å². The number of benzene rings is 1. The molecule has 0 aromatic heterocycles. The van der Waals surface area contributed by atoms with Crippen LogP contribution >= 0.6 is 0 Å². The third-order valence-electron chi connectivity index (χ3n) is 6.87. The molecule has 0 bridgehead atoms. The largest absolute Gasteiger partial charge is 0.508 e. The number of aliphatic imine (C=N–C) groups is 1. The van der Waals surface area contributed by atoms with Gasteiger partial charge in [-0.05, 0) is 57.7 Å². The van der Waals surface area contributed by atoms with Gasteiger partial charge in [0, 0.05) is 6.54 Å². The molecule has 0 aliphatic rings. The molecule has 7 atom stereocenters. The lowest BCUT2D eigenvalue weighted by atomic mass is 10.1. The van der Waals surface area contributed by atoms with Gasteiger partial charge in [-0.25, -0.2) is 4.79 Å². The molecule has 1 aromatic carbocycles. The normalized spacial score (nSPS) is 15.0. The van der Waals surface area contributed by atoms with Crippen molar-refractivity contribution in [1.29, 1.82) is 0 Å². The molecule has 5 amide bonds. The van der Waals surface area contributed by atoms with E-state index in [1.54, 1.807) is 12.1 Å². The molecule has 1 aromatic rings. The van der Waals surface area contributed by atoms with Gasteiger partial charge in [0.1, 0.15) is 36.0 Å². The van der Waals surface area contributed by atoms with Gasteiger partial charge in [-0.3, -0.25) is 33.8 Å². The van der Waals surface area contributed by atoms with E-state index in [0.29, 0.717) is 5.56 Å². The van der Waals surface area contributed by atoms with Gasteiger partial charge in [-0.2, -0.15) is 0 Å². The number of carboxylic acids is 2. The van der Waals surface area contributed by atoms with Crippen LogP contribution in [-0.2, 0) is 40.0 Å². The monoisotopic (exact) mass is 695 g/mol. The molecule has 49 heavy (non-hydrogen) atoms. The molecule has 0 heterocycles. The van der Waals surface area contributed by atoms with Gasteiger partial charge in [0.25, 0.3) is 0 Å². The van der Waals surface area contributed by atoms with E-state index >= 15 is 0 Å². The maximum absolute atomic E-state index is 13.0. The highest BCUT2D eigenvalue weighted by atomic mass is 16.4. The Bertz CT molecular complexity index is 1370. The number of hydrogen-bond donors (Lipinski definition) is 12. The molecular weight excluding hydrogens is 650 g/mol. The minimum absolute atomic E-state index is 0.0376. The van der Waals surface area contributed by atoms with Crippen LogP contribution in [0.15, 0.2) is 29.3 Å². The molecule has 1 rings (SSSR count). The van der Waals surface area contributed by atoms with Crippen LogP contribution in [0.3, 0.4) is 0 Å². The van der Waals surface area contributed by atoms with Gasteiger partial charge >= 0.3 is 11.9 Å². The van der Waals surface area contributed by atoms with E-state index in [9.17, 15) is 54.0 Å². The summed E-state index contributed by atoms with van der Waals surface area (Å²) >= 11 is 0. The summed E-state index contributed by atoms with van der Waals surface area (Å²) in [6, 6.07) is -2.55. The molecule has 0 spiro atoms. The number of aliphatic hydroxyl groups excluding tert-OH is 1. The van der Waals surface area contributed by atoms with Crippen molar-refractivity contribution in [1.82, 2.24) is 26.6 Å². The van der Waals surface area contributed by atoms with Crippen molar-refractivity contribution >= 4 is 47.4 Å². The second-order valence-electron chi connectivity index (χ2n) is 11.2. The first-order valence-electron chi connectivity index (χ1n) is 15.1.